The van der Waals surface area contributed by atoms with Crippen molar-refractivity contribution in [2.75, 3.05) is 4.90 Å². The molecule has 3 aromatic rings. The van der Waals surface area contributed by atoms with Crippen LogP contribution in [-0.2, 0) is 4.79 Å². The Balaban J connectivity index is 1.70. The number of fused-ring (bicyclic) bond motifs is 2. The summed E-state index contributed by atoms with van der Waals surface area (Å²) >= 11 is 12.4. The fraction of sp³-hybridized carbons (Fsp3) is 0.192. The molecule has 2 aliphatic carbocycles. The molecule has 6 rings (SSSR count). The van der Waals surface area contributed by atoms with Gasteiger partial charge in [-0.15, -0.1) is 0 Å². The van der Waals surface area contributed by atoms with Crippen LogP contribution in [0.1, 0.15) is 47.4 Å². The van der Waals surface area contributed by atoms with Gasteiger partial charge >= 0.3 is 0 Å². The SMILES string of the molecule is CC1CC(=O)C2=C(C1)N(c1ccccc1)C1=C(C(=O)c3ccccc31)C2c1nc(Cl)c(Cl)[nH]1. The maximum atomic E-state index is 13.8. The first-order chi connectivity index (χ1) is 16.0. The molecule has 0 radical (unpaired) electrons. The second kappa shape index (κ2) is 7.44. The average molecular weight is 476 g/mol. The Kier molecular flexibility index (Phi) is 4.61. The van der Waals surface area contributed by atoms with Gasteiger partial charge in [0.25, 0.3) is 0 Å². The number of allylic oxidation sites excluding steroid dienone is 3. The smallest absolute Gasteiger partial charge is 0.192 e. The number of carbonyl (C=O) groups excluding carboxylic acids is 2. The van der Waals surface area contributed by atoms with Gasteiger partial charge in [-0.25, -0.2) is 4.98 Å². The maximum absolute atomic E-state index is 13.8. The molecule has 7 heteroatoms. The van der Waals surface area contributed by atoms with E-state index in [-0.39, 0.29) is 27.8 Å². The summed E-state index contributed by atoms with van der Waals surface area (Å²) in [5, 5.41) is 0.321. The molecule has 33 heavy (non-hydrogen) atoms. The summed E-state index contributed by atoms with van der Waals surface area (Å²) in [5.41, 5.74) is 5.23. The zero-order valence-corrected chi connectivity index (χ0v) is 19.2. The highest BCUT2D eigenvalue weighted by Crippen LogP contribution is 2.54. The van der Waals surface area contributed by atoms with E-state index in [2.05, 4.69) is 21.8 Å². The van der Waals surface area contributed by atoms with Crippen molar-refractivity contribution in [2.45, 2.75) is 25.7 Å². The van der Waals surface area contributed by atoms with Crippen LogP contribution in [0.25, 0.3) is 5.70 Å². The summed E-state index contributed by atoms with van der Waals surface area (Å²) in [6.45, 7) is 2.08. The second-order valence-corrected chi connectivity index (χ2v) is 9.50. The number of para-hydroxylation sites is 1. The number of Topliss-reactive ketones (excluding diaryl/α,β-unsaturated/α-hetero) is 2. The van der Waals surface area contributed by atoms with Gasteiger partial charge in [0, 0.05) is 40.1 Å². The first-order valence-electron chi connectivity index (χ1n) is 10.9. The Bertz CT molecular complexity index is 1380. The number of hydrogen-bond donors (Lipinski definition) is 1. The molecule has 1 aromatic heterocycles. The van der Waals surface area contributed by atoms with Crippen molar-refractivity contribution in [3.8, 4) is 0 Å². The average Bonchev–Trinajstić information content (AvgIpc) is 3.29. The third-order valence-electron chi connectivity index (χ3n) is 6.61. The van der Waals surface area contributed by atoms with Gasteiger partial charge in [-0.2, -0.15) is 0 Å². The highest BCUT2D eigenvalue weighted by Gasteiger charge is 2.49. The van der Waals surface area contributed by atoms with Gasteiger partial charge in [0.2, 0.25) is 0 Å². The van der Waals surface area contributed by atoms with E-state index in [0.29, 0.717) is 35.4 Å². The van der Waals surface area contributed by atoms with Crippen LogP contribution in [0.5, 0.6) is 0 Å². The predicted molar refractivity (Wildman–Crippen MR) is 128 cm³/mol. The Morgan fingerprint density at radius 3 is 2.33 bits per heavy atom. The molecule has 5 nitrogen and oxygen atoms in total. The van der Waals surface area contributed by atoms with Gasteiger partial charge in [0.1, 0.15) is 11.0 Å². The van der Waals surface area contributed by atoms with Gasteiger partial charge in [-0.3, -0.25) is 9.59 Å². The van der Waals surface area contributed by atoms with E-state index in [1.165, 1.54) is 0 Å². The Morgan fingerprint density at radius 2 is 1.64 bits per heavy atom. The van der Waals surface area contributed by atoms with Crippen molar-refractivity contribution < 1.29 is 9.59 Å². The molecule has 0 amide bonds. The summed E-state index contributed by atoms with van der Waals surface area (Å²) in [5.74, 6) is -0.134. The third kappa shape index (κ3) is 2.96. The number of aromatic nitrogens is 2. The van der Waals surface area contributed by atoms with Gasteiger partial charge in [-0.05, 0) is 24.5 Å². The number of imidazole rings is 1. The number of hydrogen-bond acceptors (Lipinski definition) is 4. The molecular formula is C26H19Cl2N3O2. The van der Waals surface area contributed by atoms with Crippen LogP contribution < -0.4 is 4.90 Å². The maximum Gasteiger partial charge on any atom is 0.192 e. The van der Waals surface area contributed by atoms with Crippen LogP contribution in [0.3, 0.4) is 0 Å². The molecule has 1 aliphatic heterocycles. The lowest BCUT2D eigenvalue weighted by atomic mass is 9.74. The quantitative estimate of drug-likeness (QED) is 0.480. The molecule has 0 saturated heterocycles. The van der Waals surface area contributed by atoms with Gasteiger partial charge in [0.15, 0.2) is 16.7 Å². The minimum atomic E-state index is -0.653. The molecule has 164 valence electrons. The highest BCUT2D eigenvalue weighted by molar-refractivity contribution is 6.40. The van der Waals surface area contributed by atoms with Crippen LogP contribution in [0.15, 0.2) is 71.4 Å². The fourth-order valence-electron chi connectivity index (χ4n) is 5.33. The van der Waals surface area contributed by atoms with Crippen LogP contribution in [0.4, 0.5) is 5.69 Å². The van der Waals surface area contributed by atoms with Crippen molar-refractivity contribution in [1.29, 1.82) is 0 Å². The lowest BCUT2D eigenvalue weighted by Crippen LogP contribution is -2.37. The van der Waals surface area contributed by atoms with E-state index >= 15 is 0 Å². The number of H-pyrrole nitrogens is 1. The van der Waals surface area contributed by atoms with Crippen molar-refractivity contribution in [2.24, 2.45) is 5.92 Å². The van der Waals surface area contributed by atoms with E-state index < -0.39 is 5.92 Å². The number of nitrogens with one attached hydrogen (secondary N) is 1. The highest BCUT2D eigenvalue weighted by atomic mass is 35.5. The van der Waals surface area contributed by atoms with Crippen LogP contribution >= 0.6 is 23.2 Å². The summed E-state index contributed by atoms with van der Waals surface area (Å²) < 4.78 is 0. The number of halogens is 2. The Labute approximate surface area is 200 Å². The molecule has 0 spiro atoms. The van der Waals surface area contributed by atoms with E-state index in [4.69, 9.17) is 23.2 Å². The summed E-state index contributed by atoms with van der Waals surface area (Å²) in [4.78, 5) is 36.9. The number of rotatable bonds is 2. The zero-order valence-electron chi connectivity index (χ0n) is 17.7. The van der Waals surface area contributed by atoms with E-state index in [0.717, 1.165) is 22.6 Å². The van der Waals surface area contributed by atoms with Crippen molar-refractivity contribution in [1.82, 2.24) is 9.97 Å². The second-order valence-electron chi connectivity index (χ2n) is 8.76. The number of nitrogens with zero attached hydrogens (tertiary/aromatic N) is 2. The van der Waals surface area contributed by atoms with E-state index in [1.807, 2.05) is 54.6 Å². The largest absolute Gasteiger partial charge is 0.331 e. The first-order valence-corrected chi connectivity index (χ1v) is 11.6. The number of anilines is 1. The third-order valence-corrected chi connectivity index (χ3v) is 7.25. The Morgan fingerprint density at radius 1 is 0.939 bits per heavy atom. The van der Waals surface area contributed by atoms with E-state index in [9.17, 15) is 9.59 Å². The van der Waals surface area contributed by atoms with Gasteiger partial charge in [-0.1, -0.05) is 72.6 Å². The zero-order chi connectivity index (χ0) is 22.9. The van der Waals surface area contributed by atoms with Crippen molar-refractivity contribution in [3.63, 3.8) is 0 Å². The van der Waals surface area contributed by atoms with Gasteiger partial charge < -0.3 is 9.88 Å². The van der Waals surface area contributed by atoms with Crippen LogP contribution in [-0.4, -0.2) is 21.5 Å². The van der Waals surface area contributed by atoms with E-state index in [1.54, 1.807) is 0 Å². The molecule has 2 atom stereocenters. The first kappa shape index (κ1) is 20.5. The number of ketones is 2. The number of aromatic amines is 1. The monoisotopic (exact) mass is 475 g/mol. The molecule has 2 aromatic carbocycles. The molecule has 0 bridgehead atoms. The van der Waals surface area contributed by atoms with Crippen LogP contribution in [0.2, 0.25) is 10.3 Å². The fourth-order valence-corrected chi connectivity index (χ4v) is 5.61. The topological polar surface area (TPSA) is 66.1 Å². The normalized spacial score (nSPS) is 22.0. The summed E-state index contributed by atoms with van der Waals surface area (Å²) in [7, 11) is 0. The molecular weight excluding hydrogens is 457 g/mol. The minimum Gasteiger partial charge on any atom is -0.331 e. The Hall–Kier alpha value is -3.15. The molecule has 0 saturated carbocycles. The number of carbonyl (C=O) groups is 2. The lowest BCUT2D eigenvalue weighted by molar-refractivity contribution is -0.117. The molecule has 0 fully saturated rings. The lowest BCUT2D eigenvalue weighted by Gasteiger charge is -2.41. The van der Waals surface area contributed by atoms with Crippen molar-refractivity contribution in [3.05, 3.63) is 98.7 Å². The molecule has 1 N–H and O–H groups in total. The summed E-state index contributed by atoms with van der Waals surface area (Å²) in [6, 6.07) is 17.5. The standard InChI is InChI=1S/C26H19Cl2N3O2/c1-13-11-17-19(18(32)12-13)20(26-29-24(27)25(28)30-26)21-22(31(17)14-7-3-2-4-8-14)15-9-5-6-10-16(15)23(21)33/h2-10,13,20H,11-12H2,1H3,(H,29,30). The van der Waals surface area contributed by atoms with Crippen LogP contribution in [0, 0.1) is 5.92 Å². The minimum absolute atomic E-state index is 0.0219. The number of benzene rings is 2. The van der Waals surface area contributed by atoms with Gasteiger partial charge in [0.05, 0.1) is 11.6 Å². The predicted octanol–water partition coefficient (Wildman–Crippen LogP) is 6.18. The molecule has 2 heterocycles. The molecule has 2 unspecified atom stereocenters. The summed E-state index contributed by atoms with van der Waals surface area (Å²) in [6.07, 6.45) is 1.13. The molecule has 3 aliphatic rings. The van der Waals surface area contributed by atoms with Crippen molar-refractivity contribution >= 4 is 46.2 Å².